The van der Waals surface area contributed by atoms with Gasteiger partial charge in [-0.25, -0.2) is 8.78 Å². The first kappa shape index (κ1) is 12.1. The maximum Gasteiger partial charge on any atom is 0.159 e. The Kier molecular flexibility index (Phi) is 4.65. The minimum Gasteiger partial charge on any atom is -0.396 e. The highest BCUT2D eigenvalue weighted by Crippen LogP contribution is 2.08. The maximum atomic E-state index is 12.8. The molecule has 0 bridgehead atoms. The van der Waals surface area contributed by atoms with E-state index in [-0.39, 0.29) is 12.5 Å². The van der Waals surface area contributed by atoms with Gasteiger partial charge < -0.3 is 10.4 Å². The van der Waals surface area contributed by atoms with Crippen LogP contribution in [0.25, 0.3) is 0 Å². The maximum absolute atomic E-state index is 12.8. The van der Waals surface area contributed by atoms with Gasteiger partial charge in [0.05, 0.1) is 0 Å². The van der Waals surface area contributed by atoms with E-state index in [2.05, 4.69) is 5.32 Å². The van der Waals surface area contributed by atoms with Gasteiger partial charge in [-0.3, -0.25) is 0 Å². The average molecular weight is 215 g/mol. The SMILES string of the molecule is CC(CO)CNCc1ccc(F)c(F)c1. The molecule has 0 amide bonds. The van der Waals surface area contributed by atoms with Crippen molar-refractivity contribution >= 4 is 0 Å². The van der Waals surface area contributed by atoms with E-state index in [4.69, 9.17) is 5.11 Å². The summed E-state index contributed by atoms with van der Waals surface area (Å²) < 4.78 is 25.4. The Labute approximate surface area is 87.9 Å². The predicted octanol–water partition coefficient (Wildman–Crippen LogP) is 1.68. The zero-order valence-electron chi connectivity index (χ0n) is 8.63. The number of aliphatic hydroxyl groups excluding tert-OH is 1. The van der Waals surface area contributed by atoms with Crippen LogP contribution in [0.15, 0.2) is 18.2 Å². The molecule has 0 aliphatic heterocycles. The second kappa shape index (κ2) is 5.78. The number of aliphatic hydroxyl groups is 1. The molecule has 0 saturated carbocycles. The van der Waals surface area contributed by atoms with Gasteiger partial charge in [0.25, 0.3) is 0 Å². The highest BCUT2D eigenvalue weighted by Gasteiger charge is 2.03. The summed E-state index contributed by atoms with van der Waals surface area (Å²) in [6.45, 7) is 3.14. The normalized spacial score (nSPS) is 12.8. The van der Waals surface area contributed by atoms with Crippen molar-refractivity contribution < 1.29 is 13.9 Å². The van der Waals surface area contributed by atoms with Crippen molar-refractivity contribution in [2.75, 3.05) is 13.2 Å². The Morgan fingerprint density at radius 2 is 2.07 bits per heavy atom. The van der Waals surface area contributed by atoms with Gasteiger partial charge in [-0.2, -0.15) is 0 Å². The molecular weight excluding hydrogens is 200 g/mol. The fraction of sp³-hybridized carbons (Fsp3) is 0.455. The van der Waals surface area contributed by atoms with Crippen molar-refractivity contribution in [1.29, 1.82) is 0 Å². The molecule has 0 heterocycles. The largest absolute Gasteiger partial charge is 0.396 e. The van der Waals surface area contributed by atoms with E-state index in [1.54, 1.807) is 0 Å². The molecule has 15 heavy (non-hydrogen) atoms. The quantitative estimate of drug-likeness (QED) is 0.783. The molecule has 1 aromatic carbocycles. The van der Waals surface area contributed by atoms with E-state index in [0.717, 1.165) is 6.07 Å². The lowest BCUT2D eigenvalue weighted by atomic mass is 10.2. The molecule has 0 fully saturated rings. The van der Waals surface area contributed by atoms with E-state index in [9.17, 15) is 8.78 Å². The van der Waals surface area contributed by atoms with Crippen molar-refractivity contribution in [1.82, 2.24) is 5.32 Å². The molecule has 1 atom stereocenters. The Morgan fingerprint density at radius 3 is 2.67 bits per heavy atom. The number of benzene rings is 1. The molecule has 0 saturated heterocycles. The molecule has 0 aliphatic rings. The second-order valence-electron chi connectivity index (χ2n) is 3.67. The highest BCUT2D eigenvalue weighted by molar-refractivity contribution is 5.17. The number of hydrogen-bond donors (Lipinski definition) is 2. The standard InChI is InChI=1S/C11H15F2NO/c1-8(7-15)5-14-6-9-2-3-10(12)11(13)4-9/h2-4,8,14-15H,5-7H2,1H3. The van der Waals surface area contributed by atoms with Crippen LogP contribution in [0.1, 0.15) is 12.5 Å². The first-order valence-corrected chi connectivity index (χ1v) is 4.89. The molecule has 84 valence electrons. The lowest BCUT2D eigenvalue weighted by Crippen LogP contribution is -2.22. The van der Waals surface area contributed by atoms with Crippen LogP contribution < -0.4 is 5.32 Å². The molecule has 2 N–H and O–H groups in total. The first-order valence-electron chi connectivity index (χ1n) is 4.89. The van der Waals surface area contributed by atoms with Crippen LogP contribution in [0.2, 0.25) is 0 Å². The van der Waals surface area contributed by atoms with Crippen LogP contribution in [-0.2, 0) is 6.54 Å². The molecule has 1 unspecified atom stereocenters. The van der Waals surface area contributed by atoms with Gasteiger partial charge in [0, 0.05) is 19.7 Å². The Hall–Kier alpha value is -1.00. The van der Waals surface area contributed by atoms with Gasteiger partial charge in [0.2, 0.25) is 0 Å². The minimum atomic E-state index is -0.831. The summed E-state index contributed by atoms with van der Waals surface area (Å²) >= 11 is 0. The number of nitrogens with one attached hydrogen (secondary N) is 1. The summed E-state index contributed by atoms with van der Waals surface area (Å²) in [7, 11) is 0. The molecule has 0 spiro atoms. The molecule has 2 nitrogen and oxygen atoms in total. The van der Waals surface area contributed by atoms with E-state index >= 15 is 0 Å². The highest BCUT2D eigenvalue weighted by atomic mass is 19.2. The summed E-state index contributed by atoms with van der Waals surface area (Å²) in [6.07, 6.45) is 0. The van der Waals surface area contributed by atoms with E-state index in [1.807, 2.05) is 6.92 Å². The topological polar surface area (TPSA) is 32.3 Å². The van der Waals surface area contributed by atoms with Crippen LogP contribution in [0.4, 0.5) is 8.78 Å². The van der Waals surface area contributed by atoms with Crippen molar-refractivity contribution in [2.45, 2.75) is 13.5 Å². The third kappa shape index (κ3) is 3.93. The summed E-state index contributed by atoms with van der Waals surface area (Å²) in [6, 6.07) is 3.82. The average Bonchev–Trinajstić information content (AvgIpc) is 2.23. The summed E-state index contributed by atoms with van der Waals surface area (Å²) in [5.74, 6) is -1.50. The van der Waals surface area contributed by atoms with Crippen molar-refractivity contribution in [3.8, 4) is 0 Å². The van der Waals surface area contributed by atoms with Crippen LogP contribution in [0.5, 0.6) is 0 Å². The molecular formula is C11H15F2NO. The van der Waals surface area contributed by atoms with Gasteiger partial charge in [-0.1, -0.05) is 13.0 Å². The van der Waals surface area contributed by atoms with Crippen LogP contribution in [0, 0.1) is 17.6 Å². The van der Waals surface area contributed by atoms with Crippen LogP contribution in [0.3, 0.4) is 0 Å². The monoisotopic (exact) mass is 215 g/mol. The zero-order chi connectivity index (χ0) is 11.3. The molecule has 1 aromatic rings. The van der Waals surface area contributed by atoms with Crippen molar-refractivity contribution in [3.63, 3.8) is 0 Å². The summed E-state index contributed by atoms with van der Waals surface area (Å²) in [5.41, 5.74) is 0.694. The van der Waals surface area contributed by atoms with Gasteiger partial charge in [0.1, 0.15) is 0 Å². The molecule has 0 aromatic heterocycles. The molecule has 0 radical (unpaired) electrons. The van der Waals surface area contributed by atoms with Gasteiger partial charge in [0.15, 0.2) is 11.6 Å². The van der Waals surface area contributed by atoms with Crippen molar-refractivity contribution in [3.05, 3.63) is 35.4 Å². The zero-order valence-corrected chi connectivity index (χ0v) is 8.63. The third-order valence-corrected chi connectivity index (χ3v) is 2.12. The van der Waals surface area contributed by atoms with Crippen LogP contribution in [-0.4, -0.2) is 18.3 Å². The van der Waals surface area contributed by atoms with Crippen LogP contribution >= 0.6 is 0 Å². The summed E-state index contributed by atoms with van der Waals surface area (Å²) in [4.78, 5) is 0. The fourth-order valence-electron chi connectivity index (χ4n) is 1.18. The first-order chi connectivity index (χ1) is 7.13. The lowest BCUT2D eigenvalue weighted by Gasteiger charge is -2.09. The number of hydrogen-bond acceptors (Lipinski definition) is 2. The van der Waals surface area contributed by atoms with E-state index in [0.29, 0.717) is 18.7 Å². The lowest BCUT2D eigenvalue weighted by molar-refractivity contribution is 0.233. The van der Waals surface area contributed by atoms with Gasteiger partial charge in [-0.15, -0.1) is 0 Å². The van der Waals surface area contributed by atoms with Gasteiger partial charge in [-0.05, 0) is 23.6 Å². The van der Waals surface area contributed by atoms with E-state index in [1.165, 1.54) is 12.1 Å². The Balaban J connectivity index is 2.41. The smallest absolute Gasteiger partial charge is 0.159 e. The van der Waals surface area contributed by atoms with Gasteiger partial charge >= 0.3 is 0 Å². The molecule has 4 heteroatoms. The van der Waals surface area contributed by atoms with E-state index < -0.39 is 11.6 Å². The molecule has 0 aliphatic carbocycles. The van der Waals surface area contributed by atoms with Crippen molar-refractivity contribution in [2.24, 2.45) is 5.92 Å². The number of rotatable bonds is 5. The predicted molar refractivity (Wildman–Crippen MR) is 54.3 cm³/mol. The molecule has 1 rings (SSSR count). The summed E-state index contributed by atoms with van der Waals surface area (Å²) in [5, 5.41) is 11.8. The second-order valence-corrected chi connectivity index (χ2v) is 3.67. The fourth-order valence-corrected chi connectivity index (χ4v) is 1.18. The number of halogens is 2. The minimum absolute atomic E-state index is 0.116. The Morgan fingerprint density at radius 1 is 1.33 bits per heavy atom. The Bertz CT molecular complexity index is 317. The third-order valence-electron chi connectivity index (χ3n) is 2.12.